The molecule has 12 rings (SSSR count). The number of pyridine rings is 3. The predicted molar refractivity (Wildman–Crippen MR) is 277 cm³/mol. The third-order valence-corrected chi connectivity index (χ3v) is 12.6. The molecule has 12 aromatic rings. The standard InChI is InChI=1S/C63H42N4/c1-5-15-43(16-6-1)54-37-58(48-20-9-3-10-21-48)64-60(39-54)50-30-25-46(26-31-50)56-36-57(63-66-62(42-67(63)41-56)53-34-27-45-19-13-14-24-52(45)35-53)47-28-32-51(33-29-47)61-40-55(44-17-7-2-8-18-44)38-59(65-61)49-22-11-4-12-23-49/h1-42H. The van der Waals surface area contributed by atoms with Crippen molar-refractivity contribution in [2.75, 3.05) is 0 Å². The van der Waals surface area contributed by atoms with E-state index in [1.54, 1.807) is 0 Å². The first-order valence-electron chi connectivity index (χ1n) is 22.6. The third kappa shape index (κ3) is 7.98. The monoisotopic (exact) mass is 854 g/mol. The minimum Gasteiger partial charge on any atom is -0.305 e. The zero-order chi connectivity index (χ0) is 44.5. The fourth-order valence-electron chi connectivity index (χ4n) is 9.08. The number of hydrogen-bond acceptors (Lipinski definition) is 3. The van der Waals surface area contributed by atoms with E-state index in [9.17, 15) is 0 Å². The van der Waals surface area contributed by atoms with Crippen molar-refractivity contribution in [3.63, 3.8) is 0 Å². The van der Waals surface area contributed by atoms with Crippen molar-refractivity contribution in [1.82, 2.24) is 19.4 Å². The topological polar surface area (TPSA) is 43.1 Å². The largest absolute Gasteiger partial charge is 0.305 e. The van der Waals surface area contributed by atoms with Crippen LogP contribution in [-0.4, -0.2) is 19.4 Å². The SMILES string of the molecule is c1ccc(-c2cc(-c3ccccc3)nc(-c3ccc(-c4cc(-c5ccc(-c6cc(-c7ccccc7)cc(-c7ccccc7)n6)cc5)c5nc(-c6ccc7ccccc7c6)cn5c4)cc3)c2)cc1. The molecule has 0 radical (unpaired) electrons. The van der Waals surface area contributed by atoms with E-state index in [0.29, 0.717) is 0 Å². The van der Waals surface area contributed by atoms with Crippen LogP contribution in [0.3, 0.4) is 0 Å². The van der Waals surface area contributed by atoms with E-state index in [0.717, 1.165) is 106 Å². The van der Waals surface area contributed by atoms with Crippen molar-refractivity contribution in [3.8, 4) is 101 Å². The Bertz CT molecular complexity index is 3580. The molecule has 8 aromatic carbocycles. The van der Waals surface area contributed by atoms with Gasteiger partial charge in [-0.3, -0.25) is 0 Å². The summed E-state index contributed by atoms with van der Waals surface area (Å²) >= 11 is 0. The van der Waals surface area contributed by atoms with Crippen LogP contribution in [-0.2, 0) is 0 Å². The molecule has 0 atom stereocenters. The number of hydrogen-bond donors (Lipinski definition) is 0. The summed E-state index contributed by atoms with van der Waals surface area (Å²) in [7, 11) is 0. The van der Waals surface area contributed by atoms with Gasteiger partial charge in [0.2, 0.25) is 0 Å². The van der Waals surface area contributed by atoms with Gasteiger partial charge in [0, 0.05) is 45.8 Å². The highest BCUT2D eigenvalue weighted by Crippen LogP contribution is 2.37. The Hall–Kier alpha value is -8.99. The van der Waals surface area contributed by atoms with Gasteiger partial charge in [-0.1, -0.05) is 206 Å². The van der Waals surface area contributed by atoms with E-state index in [4.69, 9.17) is 15.0 Å². The molecule has 314 valence electrons. The Morgan fingerprint density at radius 2 is 0.612 bits per heavy atom. The normalized spacial score (nSPS) is 11.3. The number of nitrogens with zero attached hydrogens (tertiary/aromatic N) is 4. The van der Waals surface area contributed by atoms with E-state index in [1.807, 2.05) is 12.1 Å². The number of aromatic nitrogens is 4. The fraction of sp³-hybridized carbons (Fsp3) is 0. The summed E-state index contributed by atoms with van der Waals surface area (Å²) < 4.78 is 2.19. The number of rotatable bonds is 9. The molecule has 4 aromatic heterocycles. The zero-order valence-corrected chi connectivity index (χ0v) is 36.5. The van der Waals surface area contributed by atoms with Gasteiger partial charge in [-0.25, -0.2) is 15.0 Å². The lowest BCUT2D eigenvalue weighted by atomic mass is 9.97. The maximum atomic E-state index is 5.33. The number of fused-ring (bicyclic) bond motifs is 2. The van der Waals surface area contributed by atoms with Crippen LogP contribution < -0.4 is 0 Å². The highest BCUT2D eigenvalue weighted by Gasteiger charge is 2.16. The van der Waals surface area contributed by atoms with Gasteiger partial charge in [0.25, 0.3) is 0 Å². The van der Waals surface area contributed by atoms with Crippen molar-refractivity contribution in [1.29, 1.82) is 0 Å². The Kier molecular flexibility index (Phi) is 10.2. The van der Waals surface area contributed by atoms with Crippen LogP contribution >= 0.6 is 0 Å². The van der Waals surface area contributed by atoms with Crippen molar-refractivity contribution in [2.45, 2.75) is 0 Å². The first-order valence-corrected chi connectivity index (χ1v) is 22.6. The summed E-state index contributed by atoms with van der Waals surface area (Å²) in [5.74, 6) is 0. The Morgan fingerprint density at radius 3 is 1.12 bits per heavy atom. The average Bonchev–Trinajstić information content (AvgIpc) is 3.86. The van der Waals surface area contributed by atoms with Crippen LogP contribution in [0, 0.1) is 0 Å². The minimum atomic E-state index is 0.891. The van der Waals surface area contributed by atoms with E-state index < -0.39 is 0 Å². The van der Waals surface area contributed by atoms with Crippen molar-refractivity contribution < 1.29 is 0 Å². The number of imidazole rings is 1. The summed E-state index contributed by atoms with van der Waals surface area (Å²) in [6, 6.07) is 85.6. The van der Waals surface area contributed by atoms with Gasteiger partial charge in [-0.2, -0.15) is 0 Å². The highest BCUT2D eigenvalue weighted by molar-refractivity contribution is 5.89. The molecule has 0 fully saturated rings. The molecule has 0 unspecified atom stereocenters. The highest BCUT2D eigenvalue weighted by atomic mass is 15.0. The Morgan fingerprint density at radius 1 is 0.224 bits per heavy atom. The first kappa shape index (κ1) is 39.6. The maximum absolute atomic E-state index is 5.33. The van der Waals surface area contributed by atoms with Gasteiger partial charge in [0.1, 0.15) is 5.65 Å². The molecule has 0 N–H and O–H groups in total. The number of benzene rings is 8. The zero-order valence-electron chi connectivity index (χ0n) is 36.5. The molecule has 0 amide bonds. The lowest BCUT2D eigenvalue weighted by Crippen LogP contribution is -1.93. The molecule has 4 heteroatoms. The lowest BCUT2D eigenvalue weighted by molar-refractivity contribution is 1.19. The molecular formula is C63H42N4. The molecule has 4 heterocycles. The molecule has 0 saturated carbocycles. The maximum Gasteiger partial charge on any atom is 0.145 e. The fourth-order valence-corrected chi connectivity index (χ4v) is 9.08. The molecule has 0 bridgehead atoms. The van der Waals surface area contributed by atoms with Crippen LogP contribution in [0.4, 0.5) is 0 Å². The smallest absolute Gasteiger partial charge is 0.145 e. The molecule has 0 spiro atoms. The predicted octanol–water partition coefficient (Wildman–Crippen LogP) is 16.3. The second kappa shape index (κ2) is 17.2. The van der Waals surface area contributed by atoms with Gasteiger partial charge < -0.3 is 4.40 Å². The quantitative estimate of drug-likeness (QED) is 0.145. The molecule has 67 heavy (non-hydrogen) atoms. The second-order valence-electron chi connectivity index (χ2n) is 16.9. The molecule has 0 saturated heterocycles. The summed E-state index contributed by atoms with van der Waals surface area (Å²) in [4.78, 5) is 15.7. The molecule has 0 aliphatic carbocycles. The van der Waals surface area contributed by atoms with Gasteiger partial charge in [0.05, 0.1) is 28.5 Å². The van der Waals surface area contributed by atoms with E-state index in [-0.39, 0.29) is 0 Å². The summed E-state index contributed by atoms with van der Waals surface area (Å²) in [6.45, 7) is 0. The Labute approximate surface area is 389 Å². The summed E-state index contributed by atoms with van der Waals surface area (Å²) in [5, 5.41) is 2.40. The Balaban J connectivity index is 0.954. The van der Waals surface area contributed by atoms with E-state index in [2.05, 4.69) is 247 Å². The van der Waals surface area contributed by atoms with Crippen LogP contribution in [0.15, 0.2) is 255 Å². The van der Waals surface area contributed by atoms with Crippen molar-refractivity contribution in [2.24, 2.45) is 0 Å². The van der Waals surface area contributed by atoms with Crippen molar-refractivity contribution in [3.05, 3.63) is 255 Å². The van der Waals surface area contributed by atoms with E-state index in [1.165, 1.54) is 10.8 Å². The molecule has 4 nitrogen and oxygen atoms in total. The van der Waals surface area contributed by atoms with Gasteiger partial charge in [0.15, 0.2) is 0 Å². The van der Waals surface area contributed by atoms with Crippen LogP contribution in [0.2, 0.25) is 0 Å². The van der Waals surface area contributed by atoms with Crippen LogP contribution in [0.5, 0.6) is 0 Å². The van der Waals surface area contributed by atoms with Gasteiger partial charge in [-0.15, -0.1) is 0 Å². The molecular weight excluding hydrogens is 813 g/mol. The van der Waals surface area contributed by atoms with Crippen LogP contribution in [0.25, 0.3) is 117 Å². The molecule has 0 aliphatic heterocycles. The van der Waals surface area contributed by atoms with Crippen LogP contribution in [0.1, 0.15) is 0 Å². The minimum absolute atomic E-state index is 0.891. The van der Waals surface area contributed by atoms with E-state index >= 15 is 0 Å². The van der Waals surface area contributed by atoms with Crippen molar-refractivity contribution >= 4 is 16.4 Å². The first-order chi connectivity index (χ1) is 33.1. The van der Waals surface area contributed by atoms with Gasteiger partial charge >= 0.3 is 0 Å². The molecule has 0 aliphatic rings. The second-order valence-corrected chi connectivity index (χ2v) is 16.9. The van der Waals surface area contributed by atoms with Gasteiger partial charge in [-0.05, 0) is 86.1 Å². The average molecular weight is 855 g/mol. The summed E-state index contributed by atoms with van der Waals surface area (Å²) in [6.07, 6.45) is 4.36. The third-order valence-electron chi connectivity index (χ3n) is 12.6. The lowest BCUT2D eigenvalue weighted by Gasteiger charge is -2.13. The summed E-state index contributed by atoms with van der Waals surface area (Å²) in [5.41, 5.74) is 19.8.